The second-order valence-corrected chi connectivity index (χ2v) is 2.24. The third-order valence-corrected chi connectivity index (χ3v) is 0.899. The highest BCUT2D eigenvalue weighted by Gasteiger charge is 2.00. The number of nitrogens with two attached hydrogens (primary N) is 2. The van der Waals surface area contributed by atoms with Gasteiger partial charge in [-0.05, 0) is 6.07 Å². The summed E-state index contributed by atoms with van der Waals surface area (Å²) in [6.45, 7) is 0. The van der Waals surface area contributed by atoms with Crippen LogP contribution in [0.25, 0.3) is 0 Å². The number of aromatic nitrogens is 2. The summed E-state index contributed by atoms with van der Waals surface area (Å²) in [6.07, 6.45) is 4.88. The number of amides is 2. The predicted octanol–water partition coefficient (Wildman–Crippen LogP) is -2.41. The van der Waals surface area contributed by atoms with Crippen molar-refractivity contribution in [3.63, 3.8) is 0 Å². The summed E-state index contributed by atoms with van der Waals surface area (Å²) in [4.78, 5) is 44.4. The van der Waals surface area contributed by atoms with Gasteiger partial charge in [0.1, 0.15) is 6.33 Å². The molecule has 1 rings (SSSR count). The normalized spacial score (nSPS) is 7.56. The molecule has 0 bridgehead atoms. The minimum Gasteiger partial charge on any atom is -0.474 e. The second-order valence-electron chi connectivity index (χ2n) is 2.24. The van der Waals surface area contributed by atoms with Crippen molar-refractivity contribution in [1.82, 2.24) is 9.97 Å². The zero-order valence-electron chi connectivity index (χ0n) is 8.89. The van der Waals surface area contributed by atoms with Crippen LogP contribution in [0.3, 0.4) is 0 Å². The maximum atomic E-state index is 9.32. The van der Waals surface area contributed by atoms with E-state index in [1.807, 2.05) is 0 Å². The van der Waals surface area contributed by atoms with Gasteiger partial charge in [0.2, 0.25) is 0 Å². The molecule has 6 N–H and O–H groups in total. The fourth-order valence-electron chi connectivity index (χ4n) is 0.253. The highest BCUT2D eigenvalue weighted by Crippen LogP contribution is 1.66. The molecule has 0 fully saturated rings. The third kappa shape index (κ3) is 15.4. The number of aliphatic carboxylic acids is 2. The van der Waals surface area contributed by atoms with E-state index in [1.54, 1.807) is 18.5 Å². The number of carboxylic acids is 2. The van der Waals surface area contributed by atoms with E-state index in [1.165, 1.54) is 6.33 Å². The Kier molecular flexibility index (Phi) is 10.1. The van der Waals surface area contributed by atoms with Crippen molar-refractivity contribution in [3.05, 3.63) is 24.8 Å². The van der Waals surface area contributed by atoms with E-state index in [9.17, 15) is 19.2 Å². The number of hydrogen-bond acceptors (Lipinski definition) is 6. The van der Waals surface area contributed by atoms with Gasteiger partial charge < -0.3 is 21.7 Å². The van der Waals surface area contributed by atoms with E-state index >= 15 is 0 Å². The Morgan fingerprint density at radius 3 is 1.17 bits per heavy atom. The standard InChI is InChI=1S/C4H4N2.2C2H3NO3/c1-2-5-4-6-3-1;2*3-1(4)2(5)6/h1-4H;2*(H2,3,4)(H,5,6). The van der Waals surface area contributed by atoms with Gasteiger partial charge >= 0.3 is 23.8 Å². The quantitative estimate of drug-likeness (QED) is 0.370. The summed E-state index contributed by atoms with van der Waals surface area (Å²) in [5, 5.41) is 15.0. The molecule has 1 aromatic rings. The first kappa shape index (κ1) is 17.4. The molecule has 18 heavy (non-hydrogen) atoms. The molecule has 10 nitrogen and oxygen atoms in total. The van der Waals surface area contributed by atoms with Gasteiger partial charge in [-0.2, -0.15) is 0 Å². The van der Waals surface area contributed by atoms with Crippen LogP contribution < -0.4 is 11.5 Å². The number of rotatable bonds is 0. The lowest BCUT2D eigenvalue weighted by molar-refractivity contribution is -0.148. The lowest BCUT2D eigenvalue weighted by Gasteiger charge is -1.74. The molecule has 0 unspecified atom stereocenters. The van der Waals surface area contributed by atoms with Crippen LogP contribution in [0, 0.1) is 0 Å². The molecule has 98 valence electrons. The van der Waals surface area contributed by atoms with Crippen molar-refractivity contribution in [2.24, 2.45) is 11.5 Å². The van der Waals surface area contributed by atoms with Crippen LogP contribution in [0.5, 0.6) is 0 Å². The van der Waals surface area contributed by atoms with Crippen LogP contribution in [-0.2, 0) is 19.2 Å². The average molecular weight is 258 g/mol. The molecule has 0 aliphatic carbocycles. The maximum absolute atomic E-state index is 9.32. The smallest absolute Gasteiger partial charge is 0.394 e. The van der Waals surface area contributed by atoms with E-state index in [-0.39, 0.29) is 0 Å². The monoisotopic (exact) mass is 258 g/mol. The molecular weight excluding hydrogens is 248 g/mol. The summed E-state index contributed by atoms with van der Waals surface area (Å²) in [6, 6.07) is 1.78. The molecule has 0 saturated carbocycles. The Morgan fingerprint density at radius 1 is 0.833 bits per heavy atom. The first-order chi connectivity index (χ1) is 8.29. The summed E-state index contributed by atoms with van der Waals surface area (Å²) in [5.74, 6) is -5.85. The minimum atomic E-state index is -1.60. The van der Waals surface area contributed by atoms with Crippen LogP contribution in [0.4, 0.5) is 0 Å². The van der Waals surface area contributed by atoms with Crippen molar-refractivity contribution in [2.75, 3.05) is 0 Å². The fourth-order valence-corrected chi connectivity index (χ4v) is 0.253. The lowest BCUT2D eigenvalue weighted by Crippen LogP contribution is -2.21. The molecule has 0 aliphatic heterocycles. The van der Waals surface area contributed by atoms with Crippen molar-refractivity contribution < 1.29 is 29.4 Å². The first-order valence-corrected chi connectivity index (χ1v) is 4.04. The van der Waals surface area contributed by atoms with Crippen LogP contribution >= 0.6 is 0 Å². The van der Waals surface area contributed by atoms with E-state index < -0.39 is 23.8 Å². The van der Waals surface area contributed by atoms with Crippen molar-refractivity contribution >= 4 is 23.8 Å². The molecule has 10 heteroatoms. The SMILES string of the molecule is NC(=O)C(=O)O.NC(=O)C(=O)O.c1cncnc1. The molecule has 0 aromatic carbocycles. The summed E-state index contributed by atoms with van der Waals surface area (Å²) in [5.41, 5.74) is 8.39. The minimum absolute atomic E-state index is 1.32. The maximum Gasteiger partial charge on any atom is 0.394 e. The number of carbonyl (C=O) groups is 4. The van der Waals surface area contributed by atoms with Gasteiger partial charge in [0.15, 0.2) is 0 Å². The summed E-state index contributed by atoms with van der Waals surface area (Å²) >= 11 is 0. The van der Waals surface area contributed by atoms with Gasteiger partial charge in [-0.1, -0.05) is 0 Å². The number of nitrogens with zero attached hydrogens (tertiary/aromatic N) is 2. The molecule has 0 spiro atoms. The molecule has 0 radical (unpaired) electrons. The number of carbonyl (C=O) groups excluding carboxylic acids is 2. The number of hydrogen-bond donors (Lipinski definition) is 4. The Hall–Kier alpha value is -3.04. The average Bonchev–Trinajstić information content (AvgIpc) is 2.32. The molecule has 0 atom stereocenters. The molecule has 1 heterocycles. The molecule has 0 saturated heterocycles. The summed E-state index contributed by atoms with van der Waals surface area (Å²) < 4.78 is 0. The van der Waals surface area contributed by atoms with Crippen molar-refractivity contribution in [1.29, 1.82) is 0 Å². The Bertz CT molecular complexity index is 333. The van der Waals surface area contributed by atoms with Crippen LogP contribution in [0.15, 0.2) is 24.8 Å². The lowest BCUT2D eigenvalue weighted by atomic mass is 10.7. The summed E-state index contributed by atoms with van der Waals surface area (Å²) in [7, 11) is 0. The predicted molar refractivity (Wildman–Crippen MR) is 55.7 cm³/mol. The van der Waals surface area contributed by atoms with Gasteiger partial charge in [-0.25, -0.2) is 19.6 Å². The van der Waals surface area contributed by atoms with Gasteiger partial charge in [0.25, 0.3) is 0 Å². The van der Waals surface area contributed by atoms with Crippen LogP contribution in [0.1, 0.15) is 0 Å². The molecular formula is C8H10N4O6. The van der Waals surface area contributed by atoms with Crippen LogP contribution in [-0.4, -0.2) is 43.9 Å². The highest BCUT2D eigenvalue weighted by atomic mass is 16.4. The number of carboxylic acid groups (broad SMARTS) is 2. The first-order valence-electron chi connectivity index (χ1n) is 4.04. The van der Waals surface area contributed by atoms with Gasteiger partial charge in [-0.3, -0.25) is 9.59 Å². The van der Waals surface area contributed by atoms with Gasteiger partial charge in [-0.15, -0.1) is 0 Å². The van der Waals surface area contributed by atoms with E-state index in [2.05, 4.69) is 21.4 Å². The molecule has 0 aliphatic rings. The van der Waals surface area contributed by atoms with Crippen molar-refractivity contribution in [3.8, 4) is 0 Å². The highest BCUT2D eigenvalue weighted by molar-refractivity contribution is 6.31. The Labute approximate surface area is 100 Å². The molecule has 1 aromatic heterocycles. The third-order valence-electron chi connectivity index (χ3n) is 0.899. The van der Waals surface area contributed by atoms with E-state index in [0.717, 1.165) is 0 Å². The van der Waals surface area contributed by atoms with Crippen molar-refractivity contribution in [2.45, 2.75) is 0 Å². The Balaban J connectivity index is 0. The second kappa shape index (κ2) is 10.5. The zero-order chi connectivity index (χ0) is 14.6. The largest absolute Gasteiger partial charge is 0.474 e. The van der Waals surface area contributed by atoms with Gasteiger partial charge in [0.05, 0.1) is 0 Å². The zero-order valence-corrected chi connectivity index (χ0v) is 8.89. The van der Waals surface area contributed by atoms with E-state index in [0.29, 0.717) is 0 Å². The van der Waals surface area contributed by atoms with Gasteiger partial charge in [0, 0.05) is 12.4 Å². The Morgan fingerprint density at radius 2 is 1.11 bits per heavy atom. The topological polar surface area (TPSA) is 187 Å². The van der Waals surface area contributed by atoms with E-state index in [4.69, 9.17) is 10.2 Å². The molecule has 2 amide bonds. The van der Waals surface area contributed by atoms with Crippen LogP contribution in [0.2, 0.25) is 0 Å². The number of primary amides is 2. The fraction of sp³-hybridized carbons (Fsp3) is 0.